The van der Waals surface area contributed by atoms with Gasteiger partial charge < -0.3 is 10.6 Å². The van der Waals surface area contributed by atoms with E-state index in [9.17, 15) is 0 Å². The van der Waals surface area contributed by atoms with Crippen LogP contribution in [0.5, 0.6) is 0 Å². The van der Waals surface area contributed by atoms with Gasteiger partial charge in [-0.05, 0) is 31.1 Å². The molecule has 3 heteroatoms. The predicted octanol–water partition coefficient (Wildman–Crippen LogP) is 2.03. The van der Waals surface area contributed by atoms with E-state index < -0.39 is 0 Å². The standard InChI is InChI=1S/C12H16N2S/c1-2-13-12(15)14-11-8-10(11)9-6-4-3-5-7-9/h3-7,10-11H,2,8H2,1H3,(H2,13,14,15). The normalized spacial score (nSPS) is 23.3. The zero-order chi connectivity index (χ0) is 10.7. The van der Waals surface area contributed by atoms with Crippen molar-refractivity contribution in [2.75, 3.05) is 6.54 Å². The molecule has 0 aromatic heterocycles. The molecule has 1 saturated carbocycles. The van der Waals surface area contributed by atoms with Crippen LogP contribution in [0.25, 0.3) is 0 Å². The Labute approximate surface area is 96.1 Å². The fourth-order valence-electron chi connectivity index (χ4n) is 1.80. The van der Waals surface area contributed by atoms with Gasteiger partial charge in [0.1, 0.15) is 0 Å². The Morgan fingerprint density at radius 3 is 2.80 bits per heavy atom. The van der Waals surface area contributed by atoms with Crippen molar-refractivity contribution < 1.29 is 0 Å². The van der Waals surface area contributed by atoms with Crippen LogP contribution in [0.2, 0.25) is 0 Å². The van der Waals surface area contributed by atoms with Crippen molar-refractivity contribution in [3.05, 3.63) is 35.9 Å². The van der Waals surface area contributed by atoms with E-state index in [4.69, 9.17) is 12.2 Å². The van der Waals surface area contributed by atoms with Gasteiger partial charge >= 0.3 is 0 Å². The van der Waals surface area contributed by atoms with E-state index in [0.29, 0.717) is 12.0 Å². The first-order valence-corrected chi connectivity index (χ1v) is 5.81. The van der Waals surface area contributed by atoms with Crippen LogP contribution in [-0.4, -0.2) is 17.7 Å². The van der Waals surface area contributed by atoms with Crippen LogP contribution in [-0.2, 0) is 0 Å². The molecule has 0 bridgehead atoms. The van der Waals surface area contributed by atoms with E-state index in [1.165, 1.54) is 12.0 Å². The van der Waals surface area contributed by atoms with Gasteiger partial charge in [-0.25, -0.2) is 0 Å². The number of nitrogens with one attached hydrogen (secondary N) is 2. The summed E-state index contributed by atoms with van der Waals surface area (Å²) in [5.41, 5.74) is 1.41. The third kappa shape index (κ3) is 2.69. The quantitative estimate of drug-likeness (QED) is 0.762. The fourth-order valence-corrected chi connectivity index (χ4v) is 2.10. The van der Waals surface area contributed by atoms with Gasteiger partial charge in [0.05, 0.1) is 0 Å². The minimum atomic E-state index is 0.527. The van der Waals surface area contributed by atoms with Gasteiger partial charge in [0.2, 0.25) is 0 Å². The summed E-state index contributed by atoms with van der Waals surface area (Å²) in [5, 5.41) is 7.21. The molecule has 2 nitrogen and oxygen atoms in total. The highest BCUT2D eigenvalue weighted by molar-refractivity contribution is 7.80. The third-order valence-corrected chi connectivity index (χ3v) is 2.93. The minimum absolute atomic E-state index is 0.527. The van der Waals surface area contributed by atoms with Crippen molar-refractivity contribution in [1.82, 2.24) is 10.6 Å². The third-order valence-electron chi connectivity index (χ3n) is 2.67. The number of rotatable bonds is 3. The monoisotopic (exact) mass is 220 g/mol. The summed E-state index contributed by atoms with van der Waals surface area (Å²) in [6.45, 7) is 2.93. The second kappa shape index (κ2) is 4.62. The smallest absolute Gasteiger partial charge is 0.166 e. The summed E-state index contributed by atoms with van der Waals surface area (Å²) >= 11 is 5.15. The zero-order valence-corrected chi connectivity index (χ0v) is 9.68. The molecule has 1 aliphatic rings. The van der Waals surface area contributed by atoms with Gasteiger partial charge in [-0.2, -0.15) is 0 Å². The molecule has 2 atom stereocenters. The second-order valence-corrected chi connectivity index (χ2v) is 4.27. The Hall–Kier alpha value is -1.09. The molecule has 1 fully saturated rings. The average molecular weight is 220 g/mol. The maximum atomic E-state index is 5.15. The maximum absolute atomic E-state index is 5.15. The Balaban J connectivity index is 1.84. The van der Waals surface area contributed by atoms with Crippen LogP contribution in [0.15, 0.2) is 30.3 Å². The number of benzene rings is 1. The number of hydrogen-bond donors (Lipinski definition) is 2. The van der Waals surface area contributed by atoms with E-state index in [1.807, 2.05) is 0 Å². The van der Waals surface area contributed by atoms with Gasteiger partial charge in [-0.1, -0.05) is 30.3 Å². The van der Waals surface area contributed by atoms with Crippen LogP contribution in [0.3, 0.4) is 0 Å². The lowest BCUT2D eigenvalue weighted by Crippen LogP contribution is -2.36. The lowest BCUT2D eigenvalue weighted by atomic mass is 10.1. The highest BCUT2D eigenvalue weighted by Gasteiger charge is 2.38. The summed E-state index contributed by atoms with van der Waals surface area (Å²) in [6.07, 6.45) is 1.19. The van der Waals surface area contributed by atoms with Crippen LogP contribution in [0, 0.1) is 0 Å². The summed E-state index contributed by atoms with van der Waals surface area (Å²) in [5.74, 6) is 0.641. The Morgan fingerprint density at radius 1 is 1.40 bits per heavy atom. The summed E-state index contributed by atoms with van der Waals surface area (Å²) in [7, 11) is 0. The van der Waals surface area contributed by atoms with Gasteiger partial charge in [0.15, 0.2) is 5.11 Å². The number of hydrogen-bond acceptors (Lipinski definition) is 1. The van der Waals surface area contributed by atoms with Crippen molar-refractivity contribution in [1.29, 1.82) is 0 Å². The van der Waals surface area contributed by atoms with Gasteiger partial charge in [0, 0.05) is 18.5 Å². The predicted molar refractivity (Wildman–Crippen MR) is 67.0 cm³/mol. The SMILES string of the molecule is CCNC(=S)NC1CC1c1ccccc1. The van der Waals surface area contributed by atoms with Gasteiger partial charge in [-0.15, -0.1) is 0 Å². The maximum Gasteiger partial charge on any atom is 0.166 e. The molecule has 2 unspecified atom stereocenters. The molecule has 0 saturated heterocycles. The van der Waals surface area contributed by atoms with Crippen molar-refractivity contribution in [3.8, 4) is 0 Å². The summed E-state index contributed by atoms with van der Waals surface area (Å²) in [6, 6.07) is 11.1. The molecule has 1 aromatic rings. The largest absolute Gasteiger partial charge is 0.363 e. The van der Waals surface area contributed by atoms with Crippen LogP contribution >= 0.6 is 12.2 Å². The highest BCUT2D eigenvalue weighted by Crippen LogP contribution is 2.40. The molecule has 0 radical (unpaired) electrons. The molecular weight excluding hydrogens is 204 g/mol. The van der Waals surface area contributed by atoms with E-state index in [-0.39, 0.29) is 0 Å². The molecule has 0 spiro atoms. The topological polar surface area (TPSA) is 24.1 Å². The zero-order valence-electron chi connectivity index (χ0n) is 8.86. The van der Waals surface area contributed by atoms with E-state index in [0.717, 1.165) is 11.7 Å². The van der Waals surface area contributed by atoms with Gasteiger partial charge in [-0.3, -0.25) is 0 Å². The molecule has 80 valence electrons. The molecule has 0 amide bonds. The highest BCUT2D eigenvalue weighted by atomic mass is 32.1. The average Bonchev–Trinajstić information content (AvgIpc) is 2.99. The van der Waals surface area contributed by atoms with E-state index in [2.05, 4.69) is 47.9 Å². The first kappa shape index (κ1) is 10.4. The Kier molecular flexibility index (Phi) is 3.21. The van der Waals surface area contributed by atoms with Crippen molar-refractivity contribution in [2.45, 2.75) is 25.3 Å². The summed E-state index contributed by atoms with van der Waals surface area (Å²) in [4.78, 5) is 0. The lowest BCUT2D eigenvalue weighted by molar-refractivity contribution is 0.827. The minimum Gasteiger partial charge on any atom is -0.363 e. The molecule has 15 heavy (non-hydrogen) atoms. The Morgan fingerprint density at radius 2 is 2.13 bits per heavy atom. The molecule has 2 rings (SSSR count). The molecule has 1 aliphatic carbocycles. The molecule has 1 aromatic carbocycles. The summed E-state index contributed by atoms with van der Waals surface area (Å²) < 4.78 is 0. The Bertz CT molecular complexity index is 337. The van der Waals surface area contributed by atoms with Crippen molar-refractivity contribution in [3.63, 3.8) is 0 Å². The first-order chi connectivity index (χ1) is 7.31. The fraction of sp³-hybridized carbons (Fsp3) is 0.417. The van der Waals surface area contributed by atoms with Crippen LogP contribution in [0.1, 0.15) is 24.8 Å². The molecule has 2 N–H and O–H groups in total. The molecule has 0 aliphatic heterocycles. The van der Waals surface area contributed by atoms with E-state index >= 15 is 0 Å². The van der Waals surface area contributed by atoms with E-state index in [1.54, 1.807) is 0 Å². The first-order valence-electron chi connectivity index (χ1n) is 5.40. The lowest BCUT2D eigenvalue weighted by Gasteiger charge is -2.08. The van der Waals surface area contributed by atoms with Gasteiger partial charge in [0.25, 0.3) is 0 Å². The molecule has 0 heterocycles. The van der Waals surface area contributed by atoms with Crippen LogP contribution < -0.4 is 10.6 Å². The number of thiocarbonyl (C=S) groups is 1. The molecular formula is C12H16N2S. The van der Waals surface area contributed by atoms with Crippen molar-refractivity contribution in [2.24, 2.45) is 0 Å². The van der Waals surface area contributed by atoms with Crippen molar-refractivity contribution >= 4 is 17.3 Å². The van der Waals surface area contributed by atoms with Crippen LogP contribution in [0.4, 0.5) is 0 Å². The second-order valence-electron chi connectivity index (χ2n) is 3.86.